The molecular formula is C46H71ClN2O3S4. The van der Waals surface area contributed by atoms with E-state index in [1.807, 2.05) is 38.6 Å². The predicted octanol–water partition coefficient (Wildman–Crippen LogP) is 16.4. The van der Waals surface area contributed by atoms with Crippen LogP contribution in [0.1, 0.15) is 176 Å². The summed E-state index contributed by atoms with van der Waals surface area (Å²) in [5.74, 6) is 0.135. The molecule has 4 aromatic heterocycles. The number of carbonyl (C=O) groups is 2. The third-order valence-electron chi connectivity index (χ3n) is 9.52. The van der Waals surface area contributed by atoms with Crippen molar-refractivity contribution in [1.82, 2.24) is 0 Å². The molecule has 0 radical (unpaired) electrons. The highest BCUT2D eigenvalue weighted by Gasteiger charge is 2.18. The molecule has 56 heavy (non-hydrogen) atoms. The summed E-state index contributed by atoms with van der Waals surface area (Å²) in [7, 11) is 0. The van der Waals surface area contributed by atoms with Crippen LogP contribution in [0.5, 0.6) is 0 Å². The minimum Gasteiger partial charge on any atom is -0.384 e. The van der Waals surface area contributed by atoms with Crippen molar-refractivity contribution in [3.05, 3.63) is 78.4 Å². The van der Waals surface area contributed by atoms with Crippen LogP contribution in [0.15, 0.2) is 67.3 Å². The Labute approximate surface area is 361 Å². The SMILES string of the molecule is C1CCOC1.CCCCCCCCCCCCN(C(=O)c1ccsc1)c1ccsc1.CCCCCCCCCCCCNc1ccsc1.O=C(Cl)c1ccsc1. The molecule has 0 bridgehead atoms. The number of unbranched alkanes of at least 4 members (excludes halogenated alkanes) is 18. The van der Waals surface area contributed by atoms with Crippen molar-refractivity contribution in [2.75, 3.05) is 36.5 Å². The minimum atomic E-state index is -0.383. The van der Waals surface area contributed by atoms with Gasteiger partial charge in [0.2, 0.25) is 0 Å². The molecule has 0 atom stereocenters. The fraction of sp³-hybridized carbons (Fsp3) is 0.609. The molecule has 0 unspecified atom stereocenters. The molecule has 1 saturated heterocycles. The first-order valence-electron chi connectivity index (χ1n) is 21.5. The lowest BCUT2D eigenvalue weighted by atomic mass is 10.1. The van der Waals surface area contributed by atoms with E-state index in [1.165, 1.54) is 152 Å². The molecular weight excluding hydrogens is 792 g/mol. The lowest BCUT2D eigenvalue weighted by molar-refractivity contribution is 0.0986. The fourth-order valence-electron chi connectivity index (χ4n) is 6.15. The quantitative estimate of drug-likeness (QED) is 0.0505. The van der Waals surface area contributed by atoms with Gasteiger partial charge in [0.25, 0.3) is 11.1 Å². The smallest absolute Gasteiger partial charge is 0.259 e. The Bertz CT molecular complexity index is 1380. The van der Waals surface area contributed by atoms with Gasteiger partial charge in [0, 0.05) is 59.1 Å². The fourth-order valence-corrected chi connectivity index (χ4v) is 8.86. The number of carbonyl (C=O) groups excluding carboxylic acids is 2. The van der Waals surface area contributed by atoms with Crippen LogP contribution >= 0.6 is 56.9 Å². The molecule has 10 heteroatoms. The van der Waals surface area contributed by atoms with E-state index in [9.17, 15) is 9.59 Å². The maximum Gasteiger partial charge on any atom is 0.259 e. The Hall–Kier alpha value is -2.01. The van der Waals surface area contributed by atoms with Crippen molar-refractivity contribution in [3.8, 4) is 0 Å². The van der Waals surface area contributed by atoms with E-state index in [2.05, 4.69) is 41.4 Å². The van der Waals surface area contributed by atoms with Gasteiger partial charge in [-0.05, 0) is 83.1 Å². The zero-order valence-corrected chi connectivity index (χ0v) is 38.5. The van der Waals surface area contributed by atoms with Crippen LogP contribution in [0.2, 0.25) is 0 Å². The molecule has 5 heterocycles. The normalized spacial score (nSPS) is 11.8. The molecule has 4 aromatic rings. The summed E-state index contributed by atoms with van der Waals surface area (Å²) >= 11 is 11.6. The zero-order chi connectivity index (χ0) is 40.2. The number of rotatable bonds is 26. The van der Waals surface area contributed by atoms with Crippen molar-refractivity contribution in [2.24, 2.45) is 0 Å². The summed E-state index contributed by atoms with van der Waals surface area (Å²) in [4.78, 5) is 25.0. The molecule has 1 fully saturated rings. The first kappa shape index (κ1) is 50.1. The summed E-state index contributed by atoms with van der Waals surface area (Å²) in [5.41, 5.74) is 3.72. The van der Waals surface area contributed by atoms with E-state index in [4.69, 9.17) is 16.3 Å². The lowest BCUT2D eigenvalue weighted by Crippen LogP contribution is -2.31. The van der Waals surface area contributed by atoms with Crippen molar-refractivity contribution in [3.63, 3.8) is 0 Å². The van der Waals surface area contributed by atoms with Gasteiger partial charge in [-0.25, -0.2) is 0 Å². The molecule has 0 spiro atoms. The van der Waals surface area contributed by atoms with Crippen LogP contribution in [0.3, 0.4) is 0 Å². The Morgan fingerprint density at radius 2 is 1.05 bits per heavy atom. The molecule has 1 aliphatic heterocycles. The van der Waals surface area contributed by atoms with Crippen molar-refractivity contribution in [2.45, 2.75) is 155 Å². The number of hydrogen-bond acceptors (Lipinski definition) is 8. The average Bonchev–Trinajstić information content (AvgIpc) is 4.07. The number of ether oxygens (including phenoxy) is 1. The molecule has 0 saturated carbocycles. The summed E-state index contributed by atoms with van der Waals surface area (Å²) in [6.45, 7) is 8.50. The zero-order valence-electron chi connectivity index (χ0n) is 34.5. The van der Waals surface area contributed by atoms with Gasteiger partial charge in [-0.2, -0.15) is 45.3 Å². The van der Waals surface area contributed by atoms with E-state index < -0.39 is 0 Å². The first-order chi connectivity index (χ1) is 27.6. The minimum absolute atomic E-state index is 0.135. The van der Waals surface area contributed by atoms with E-state index in [0.29, 0.717) is 5.56 Å². The number of amides is 1. The van der Waals surface area contributed by atoms with Gasteiger partial charge < -0.3 is 15.0 Å². The van der Waals surface area contributed by atoms with Gasteiger partial charge in [0.05, 0.1) is 11.3 Å². The highest BCUT2D eigenvalue weighted by atomic mass is 35.5. The second-order valence-electron chi connectivity index (χ2n) is 14.4. The van der Waals surface area contributed by atoms with E-state index >= 15 is 0 Å². The molecule has 5 nitrogen and oxygen atoms in total. The highest BCUT2D eigenvalue weighted by molar-refractivity contribution is 7.09. The number of nitrogens with one attached hydrogen (secondary N) is 1. The number of nitrogens with zero attached hydrogens (tertiary/aromatic N) is 1. The molecule has 1 N–H and O–H groups in total. The molecule has 0 aliphatic carbocycles. The first-order valence-corrected chi connectivity index (χ1v) is 25.6. The topological polar surface area (TPSA) is 58.6 Å². The van der Waals surface area contributed by atoms with Gasteiger partial charge in [0.15, 0.2) is 0 Å². The predicted molar refractivity (Wildman–Crippen MR) is 251 cm³/mol. The Balaban J connectivity index is 0.000000300. The van der Waals surface area contributed by atoms with Gasteiger partial charge in [-0.15, -0.1) is 0 Å². The van der Waals surface area contributed by atoms with Gasteiger partial charge in [-0.1, -0.05) is 129 Å². The Morgan fingerprint density at radius 3 is 1.46 bits per heavy atom. The second-order valence-corrected chi connectivity index (χ2v) is 17.8. The van der Waals surface area contributed by atoms with Gasteiger partial charge >= 0.3 is 0 Å². The standard InChI is InChI=1S/C21H31NOS2.C16H29NS.C5H3ClOS.C4H8O/c1-2-3-4-5-6-7-8-9-10-11-14-22(20-13-16-25-18-20)21(23)19-12-15-24-17-19;1-2-3-4-5-6-7-8-9-10-11-13-17-16-12-14-18-15-16;6-5(7)4-1-2-8-3-4;1-2-4-5-3-1/h12-13,15-18H,2-11,14H2,1H3;12,14-15,17H,2-11,13H2,1H3;1-3H;1-4H2. The van der Waals surface area contributed by atoms with Crippen LogP contribution in [-0.2, 0) is 4.74 Å². The van der Waals surface area contributed by atoms with E-state index in [-0.39, 0.29) is 11.1 Å². The summed E-state index contributed by atoms with van der Waals surface area (Å²) in [6.07, 6.45) is 29.9. The average molecular weight is 864 g/mol. The largest absolute Gasteiger partial charge is 0.384 e. The highest BCUT2D eigenvalue weighted by Crippen LogP contribution is 2.23. The van der Waals surface area contributed by atoms with Crippen molar-refractivity contribution >= 4 is 79.5 Å². The van der Waals surface area contributed by atoms with Crippen LogP contribution in [0.4, 0.5) is 11.4 Å². The maximum atomic E-state index is 12.7. The van der Waals surface area contributed by atoms with Gasteiger partial charge in [0.1, 0.15) is 0 Å². The van der Waals surface area contributed by atoms with Crippen LogP contribution in [0, 0.1) is 0 Å². The molecule has 0 aromatic carbocycles. The summed E-state index contributed by atoms with van der Waals surface area (Å²) in [6, 6.07) is 7.82. The number of hydrogen-bond donors (Lipinski definition) is 1. The van der Waals surface area contributed by atoms with Crippen LogP contribution in [0.25, 0.3) is 0 Å². The lowest BCUT2D eigenvalue weighted by Gasteiger charge is -2.21. The third kappa shape index (κ3) is 26.1. The maximum absolute atomic E-state index is 12.7. The molecule has 1 amide bonds. The summed E-state index contributed by atoms with van der Waals surface area (Å²) in [5, 5.41) is 18.9. The Morgan fingerprint density at radius 1 is 0.589 bits per heavy atom. The monoisotopic (exact) mass is 862 g/mol. The summed E-state index contributed by atoms with van der Waals surface area (Å²) < 4.78 is 4.94. The number of thiophene rings is 4. The second kappa shape index (κ2) is 36.1. The van der Waals surface area contributed by atoms with Crippen LogP contribution < -0.4 is 10.2 Å². The number of halogens is 1. The van der Waals surface area contributed by atoms with E-state index in [0.717, 1.165) is 44.0 Å². The molecule has 1 aliphatic rings. The van der Waals surface area contributed by atoms with Gasteiger partial charge in [-0.3, -0.25) is 9.59 Å². The molecule has 5 rings (SSSR count). The molecule has 314 valence electrons. The Kier molecular flexibility index (Phi) is 32.3. The van der Waals surface area contributed by atoms with Crippen molar-refractivity contribution in [1.29, 1.82) is 0 Å². The van der Waals surface area contributed by atoms with Crippen LogP contribution in [-0.4, -0.2) is 37.5 Å². The van der Waals surface area contributed by atoms with Crippen molar-refractivity contribution < 1.29 is 14.3 Å². The third-order valence-corrected chi connectivity index (χ3v) is 12.5. The van der Waals surface area contributed by atoms with E-state index in [1.54, 1.807) is 45.5 Å². The number of anilines is 2.